The number of sulfone groups is 1. The minimum Gasteiger partial charge on any atom is -0.356 e. The van der Waals surface area contributed by atoms with Crippen molar-refractivity contribution in [3.63, 3.8) is 0 Å². The molecule has 0 radical (unpaired) electrons. The van der Waals surface area contributed by atoms with Gasteiger partial charge in [0.15, 0.2) is 15.8 Å². The summed E-state index contributed by atoms with van der Waals surface area (Å²) in [5, 5.41) is 6.71. The maximum absolute atomic E-state index is 11.5. The van der Waals surface area contributed by atoms with E-state index >= 15 is 0 Å². The molecule has 0 aromatic heterocycles. The molecule has 1 saturated heterocycles. The van der Waals surface area contributed by atoms with Crippen molar-refractivity contribution in [3.05, 3.63) is 29.8 Å². The van der Waals surface area contributed by atoms with Crippen LogP contribution in [0.2, 0.25) is 0 Å². The maximum Gasteiger partial charge on any atom is 0.190 e. The average Bonchev–Trinajstić information content (AvgIpc) is 2.65. The lowest BCUT2D eigenvalue weighted by Gasteiger charge is -2.34. The number of rotatable bonds is 9. The van der Waals surface area contributed by atoms with Crippen LogP contribution in [0.1, 0.15) is 38.7 Å². The third-order valence-electron chi connectivity index (χ3n) is 5.42. The zero-order valence-corrected chi connectivity index (χ0v) is 22.0. The van der Waals surface area contributed by atoms with Gasteiger partial charge in [-0.05, 0) is 61.8 Å². The second-order valence-corrected chi connectivity index (χ2v) is 10.5. The van der Waals surface area contributed by atoms with E-state index in [1.807, 2.05) is 12.1 Å². The van der Waals surface area contributed by atoms with E-state index in [9.17, 15) is 8.42 Å². The van der Waals surface area contributed by atoms with E-state index in [1.54, 1.807) is 19.2 Å². The summed E-state index contributed by atoms with van der Waals surface area (Å²) in [5.41, 5.74) is 1.10. The SMILES string of the molecule is CN=C(NCCCCN1CC(C)CC(C)C1)NCCc1ccc(S(C)(=O)=O)cc1.I. The van der Waals surface area contributed by atoms with Crippen molar-refractivity contribution in [1.29, 1.82) is 0 Å². The quantitative estimate of drug-likeness (QED) is 0.214. The highest BCUT2D eigenvalue weighted by Crippen LogP contribution is 2.20. The standard InChI is InChI=1S/C22H38N4O2S.HI/c1-18-15-19(2)17-26(16-18)14-6-5-12-24-22(23-3)25-13-11-20-7-9-21(10-8-20)29(4,27)28;/h7-10,18-19H,5-6,11-17H2,1-4H3,(H2,23,24,25);1H. The molecule has 1 fully saturated rings. The minimum atomic E-state index is -3.13. The van der Waals surface area contributed by atoms with Crippen LogP contribution in [0.4, 0.5) is 0 Å². The molecule has 2 N–H and O–H groups in total. The zero-order valence-electron chi connectivity index (χ0n) is 18.9. The first-order valence-corrected chi connectivity index (χ1v) is 12.6. The fourth-order valence-corrected chi connectivity index (χ4v) is 4.72. The summed E-state index contributed by atoms with van der Waals surface area (Å²) in [5.74, 6) is 2.46. The van der Waals surface area contributed by atoms with E-state index in [2.05, 4.69) is 34.4 Å². The molecule has 1 aliphatic rings. The number of halogens is 1. The molecule has 0 amide bonds. The summed E-state index contributed by atoms with van der Waals surface area (Å²) in [4.78, 5) is 7.25. The molecule has 0 aliphatic carbocycles. The number of likely N-dealkylation sites (tertiary alicyclic amines) is 1. The molecule has 6 nitrogen and oxygen atoms in total. The van der Waals surface area contributed by atoms with Crippen molar-refractivity contribution in [2.24, 2.45) is 16.8 Å². The van der Waals surface area contributed by atoms with Crippen molar-refractivity contribution in [3.8, 4) is 0 Å². The topological polar surface area (TPSA) is 73.8 Å². The van der Waals surface area contributed by atoms with Gasteiger partial charge in [-0.3, -0.25) is 4.99 Å². The molecular weight excluding hydrogens is 511 g/mol. The fourth-order valence-electron chi connectivity index (χ4n) is 4.09. The van der Waals surface area contributed by atoms with E-state index in [0.717, 1.165) is 49.3 Å². The number of hydrogen-bond acceptors (Lipinski definition) is 4. The van der Waals surface area contributed by atoms with Gasteiger partial charge >= 0.3 is 0 Å². The summed E-state index contributed by atoms with van der Waals surface area (Å²) < 4.78 is 23.0. The van der Waals surface area contributed by atoms with Gasteiger partial charge in [0, 0.05) is 39.5 Å². The van der Waals surface area contributed by atoms with Crippen LogP contribution in [0.5, 0.6) is 0 Å². The van der Waals surface area contributed by atoms with Gasteiger partial charge in [0.05, 0.1) is 4.90 Å². The number of aliphatic imine (C=N–C) groups is 1. The Hall–Kier alpha value is -0.870. The molecular formula is C22H39IN4O2S. The molecule has 30 heavy (non-hydrogen) atoms. The van der Waals surface area contributed by atoms with Crippen LogP contribution in [0.3, 0.4) is 0 Å². The van der Waals surface area contributed by atoms with Gasteiger partial charge in [0.25, 0.3) is 0 Å². The van der Waals surface area contributed by atoms with Crippen LogP contribution >= 0.6 is 24.0 Å². The Morgan fingerprint density at radius 2 is 1.67 bits per heavy atom. The van der Waals surface area contributed by atoms with Crippen LogP contribution in [0, 0.1) is 11.8 Å². The number of benzene rings is 1. The summed E-state index contributed by atoms with van der Waals surface area (Å²) in [6, 6.07) is 7.08. The largest absolute Gasteiger partial charge is 0.356 e. The van der Waals surface area contributed by atoms with E-state index in [0.29, 0.717) is 4.90 Å². The Morgan fingerprint density at radius 1 is 1.07 bits per heavy atom. The first kappa shape index (κ1) is 27.2. The molecule has 172 valence electrons. The summed E-state index contributed by atoms with van der Waals surface area (Å²) >= 11 is 0. The Morgan fingerprint density at radius 3 is 2.23 bits per heavy atom. The van der Waals surface area contributed by atoms with E-state index in [4.69, 9.17) is 0 Å². The molecule has 2 atom stereocenters. The molecule has 1 aromatic carbocycles. The van der Waals surface area contributed by atoms with Gasteiger partial charge in [-0.2, -0.15) is 0 Å². The highest BCUT2D eigenvalue weighted by molar-refractivity contribution is 14.0. The first-order valence-electron chi connectivity index (χ1n) is 10.7. The van der Waals surface area contributed by atoms with Crippen molar-refractivity contribution in [2.75, 3.05) is 46.0 Å². The monoisotopic (exact) mass is 550 g/mol. The summed E-state index contributed by atoms with van der Waals surface area (Å²) in [6.07, 6.45) is 5.74. The van der Waals surface area contributed by atoms with Gasteiger partial charge < -0.3 is 15.5 Å². The van der Waals surface area contributed by atoms with Gasteiger partial charge in [0.1, 0.15) is 0 Å². The van der Waals surface area contributed by atoms with Gasteiger partial charge in [-0.15, -0.1) is 24.0 Å². The first-order chi connectivity index (χ1) is 13.8. The number of hydrogen-bond donors (Lipinski definition) is 2. The highest BCUT2D eigenvalue weighted by atomic mass is 127. The molecule has 2 unspecified atom stereocenters. The third-order valence-corrected chi connectivity index (χ3v) is 6.55. The molecule has 2 rings (SSSR count). The van der Waals surface area contributed by atoms with Crippen molar-refractivity contribution in [1.82, 2.24) is 15.5 Å². The van der Waals surface area contributed by atoms with Crippen LogP contribution in [-0.2, 0) is 16.3 Å². The number of nitrogens with zero attached hydrogens (tertiary/aromatic N) is 2. The van der Waals surface area contributed by atoms with Crippen molar-refractivity contribution >= 4 is 39.8 Å². The van der Waals surface area contributed by atoms with Crippen LogP contribution in [0.25, 0.3) is 0 Å². The Balaban J connectivity index is 0.00000450. The molecule has 1 aliphatic heterocycles. The van der Waals surface area contributed by atoms with Gasteiger partial charge in [-0.1, -0.05) is 26.0 Å². The predicted octanol–water partition coefficient (Wildman–Crippen LogP) is 3.17. The molecule has 0 bridgehead atoms. The summed E-state index contributed by atoms with van der Waals surface area (Å²) in [7, 11) is -1.35. The van der Waals surface area contributed by atoms with Crippen molar-refractivity contribution < 1.29 is 8.42 Å². The Kier molecular flexibility index (Phi) is 12.2. The number of unbranched alkanes of at least 4 members (excludes halogenated alkanes) is 1. The van der Waals surface area contributed by atoms with Crippen molar-refractivity contribution in [2.45, 2.75) is 44.4 Å². The summed E-state index contributed by atoms with van der Waals surface area (Å²) in [6.45, 7) is 10.1. The smallest absolute Gasteiger partial charge is 0.190 e. The lowest BCUT2D eigenvalue weighted by molar-refractivity contribution is 0.139. The van der Waals surface area contributed by atoms with E-state index < -0.39 is 9.84 Å². The molecule has 8 heteroatoms. The fraction of sp³-hybridized carbons (Fsp3) is 0.682. The van der Waals surface area contributed by atoms with E-state index in [-0.39, 0.29) is 24.0 Å². The normalized spacial score (nSPS) is 20.5. The average molecular weight is 551 g/mol. The molecule has 1 heterocycles. The van der Waals surface area contributed by atoms with E-state index in [1.165, 1.54) is 38.7 Å². The number of piperidine rings is 1. The molecule has 1 aromatic rings. The second-order valence-electron chi connectivity index (χ2n) is 8.50. The van der Waals surface area contributed by atoms with Crippen LogP contribution in [0.15, 0.2) is 34.2 Å². The lowest BCUT2D eigenvalue weighted by Crippen LogP contribution is -2.40. The second kappa shape index (κ2) is 13.5. The molecule has 0 saturated carbocycles. The highest BCUT2D eigenvalue weighted by Gasteiger charge is 2.20. The maximum atomic E-state index is 11.5. The zero-order chi connectivity index (χ0) is 21.3. The molecule has 0 spiro atoms. The van der Waals surface area contributed by atoms with Gasteiger partial charge in [0.2, 0.25) is 0 Å². The van der Waals surface area contributed by atoms with Gasteiger partial charge in [-0.25, -0.2) is 8.42 Å². The Bertz CT molecular complexity index is 743. The van der Waals surface area contributed by atoms with Crippen LogP contribution in [-0.4, -0.2) is 65.3 Å². The Labute approximate surface area is 200 Å². The van der Waals surface area contributed by atoms with Crippen LogP contribution < -0.4 is 10.6 Å². The lowest BCUT2D eigenvalue weighted by atomic mass is 9.92. The predicted molar refractivity (Wildman–Crippen MR) is 137 cm³/mol. The number of guanidine groups is 1. The third kappa shape index (κ3) is 9.96. The minimum absolute atomic E-state index is 0. The number of nitrogens with one attached hydrogen (secondary N) is 2.